The second-order valence-electron chi connectivity index (χ2n) is 5.03. The third kappa shape index (κ3) is 3.02. The van der Waals surface area contributed by atoms with Crippen LogP contribution in [-0.2, 0) is 9.53 Å². The highest BCUT2D eigenvalue weighted by Crippen LogP contribution is 2.40. The van der Waals surface area contributed by atoms with Gasteiger partial charge in [0.15, 0.2) is 11.5 Å². The Labute approximate surface area is 134 Å². The van der Waals surface area contributed by atoms with E-state index < -0.39 is 12.1 Å². The molecule has 2 heterocycles. The smallest absolute Gasteiger partial charge is 0.306 e. The van der Waals surface area contributed by atoms with Gasteiger partial charge in [-0.25, -0.2) is 0 Å². The van der Waals surface area contributed by atoms with Gasteiger partial charge in [-0.05, 0) is 28.1 Å². The molecule has 1 amide bonds. The van der Waals surface area contributed by atoms with Gasteiger partial charge in [0.05, 0.1) is 23.6 Å². The van der Waals surface area contributed by atoms with Crippen molar-refractivity contribution < 1.29 is 28.9 Å². The first kappa shape index (κ1) is 15.1. The van der Waals surface area contributed by atoms with Crippen molar-refractivity contribution >= 4 is 27.8 Å². The first-order valence-electron chi connectivity index (χ1n) is 6.76. The molecule has 0 spiro atoms. The summed E-state index contributed by atoms with van der Waals surface area (Å²) in [6.45, 7) is 1.15. The predicted octanol–water partition coefficient (Wildman–Crippen LogP) is 1.49. The summed E-state index contributed by atoms with van der Waals surface area (Å²) in [6.07, 6.45) is -0.595. The number of nitrogens with zero attached hydrogens (tertiary/aromatic N) is 1. The first-order chi connectivity index (χ1) is 10.5. The Balaban J connectivity index is 1.76. The maximum absolute atomic E-state index is 12.6. The van der Waals surface area contributed by atoms with E-state index in [2.05, 4.69) is 15.9 Å². The molecule has 3 rings (SSSR count). The molecule has 1 atom stereocenters. The standard InChI is InChI=1S/C14H14BrNO6/c15-10-3-8(4-11-13(10)22-7-21-11)14(19)16-1-2-20-9(6-16)5-12(17)18/h3-4,9H,1-2,5-7H2,(H,17,18). The molecule has 7 nitrogen and oxygen atoms in total. The molecule has 0 bridgehead atoms. The van der Waals surface area contributed by atoms with E-state index in [0.29, 0.717) is 34.7 Å². The molecular weight excluding hydrogens is 358 g/mol. The third-order valence-electron chi connectivity index (χ3n) is 3.50. The number of carboxylic acid groups (broad SMARTS) is 1. The SMILES string of the molecule is O=C(O)CC1CN(C(=O)c2cc(Br)c3c(c2)OCO3)CCO1. The minimum atomic E-state index is -0.940. The molecule has 8 heteroatoms. The van der Waals surface area contributed by atoms with Crippen molar-refractivity contribution in [3.63, 3.8) is 0 Å². The molecule has 1 fully saturated rings. The molecule has 1 unspecified atom stereocenters. The summed E-state index contributed by atoms with van der Waals surface area (Å²) in [5.74, 6) is -0.0156. The van der Waals surface area contributed by atoms with Gasteiger partial charge >= 0.3 is 5.97 Å². The largest absolute Gasteiger partial charge is 0.481 e. The molecule has 0 radical (unpaired) electrons. The predicted molar refractivity (Wildman–Crippen MR) is 78.2 cm³/mol. The lowest BCUT2D eigenvalue weighted by atomic mass is 10.1. The average Bonchev–Trinajstić information content (AvgIpc) is 2.95. The van der Waals surface area contributed by atoms with Gasteiger partial charge in [-0.2, -0.15) is 0 Å². The normalized spacial score (nSPS) is 20.0. The Morgan fingerprint density at radius 1 is 1.36 bits per heavy atom. The van der Waals surface area contributed by atoms with E-state index in [9.17, 15) is 9.59 Å². The molecule has 0 saturated carbocycles. The van der Waals surface area contributed by atoms with Crippen LogP contribution < -0.4 is 9.47 Å². The highest BCUT2D eigenvalue weighted by atomic mass is 79.9. The van der Waals surface area contributed by atoms with Crippen molar-refractivity contribution in [3.05, 3.63) is 22.2 Å². The zero-order chi connectivity index (χ0) is 15.7. The van der Waals surface area contributed by atoms with Crippen LogP contribution >= 0.6 is 15.9 Å². The number of carbonyl (C=O) groups is 2. The number of hydrogen-bond acceptors (Lipinski definition) is 5. The number of ether oxygens (including phenoxy) is 3. The summed E-state index contributed by atoms with van der Waals surface area (Å²) in [4.78, 5) is 25.0. The summed E-state index contributed by atoms with van der Waals surface area (Å²) in [7, 11) is 0. The van der Waals surface area contributed by atoms with Crippen molar-refractivity contribution in [1.29, 1.82) is 0 Å². The zero-order valence-corrected chi connectivity index (χ0v) is 13.2. The van der Waals surface area contributed by atoms with E-state index in [1.165, 1.54) is 0 Å². The minimum Gasteiger partial charge on any atom is -0.481 e. The number of morpholine rings is 1. The van der Waals surface area contributed by atoms with Gasteiger partial charge in [0.2, 0.25) is 6.79 Å². The quantitative estimate of drug-likeness (QED) is 0.866. The van der Waals surface area contributed by atoms with Crippen LogP contribution in [0.1, 0.15) is 16.8 Å². The van der Waals surface area contributed by atoms with Crippen LogP contribution in [0.15, 0.2) is 16.6 Å². The first-order valence-corrected chi connectivity index (χ1v) is 7.55. The van der Waals surface area contributed by atoms with Crippen molar-refractivity contribution in [2.24, 2.45) is 0 Å². The van der Waals surface area contributed by atoms with Gasteiger partial charge < -0.3 is 24.2 Å². The van der Waals surface area contributed by atoms with Crippen molar-refractivity contribution in [3.8, 4) is 11.5 Å². The van der Waals surface area contributed by atoms with E-state index in [4.69, 9.17) is 19.3 Å². The summed E-state index contributed by atoms with van der Waals surface area (Å²) in [5.41, 5.74) is 0.465. The molecule has 2 aliphatic rings. The number of rotatable bonds is 3. The van der Waals surface area contributed by atoms with E-state index >= 15 is 0 Å². The lowest BCUT2D eigenvalue weighted by Gasteiger charge is -2.32. The summed E-state index contributed by atoms with van der Waals surface area (Å²) >= 11 is 3.36. The fraction of sp³-hybridized carbons (Fsp3) is 0.429. The number of aliphatic carboxylic acids is 1. The summed E-state index contributed by atoms with van der Waals surface area (Å²) < 4.78 is 16.6. The number of fused-ring (bicyclic) bond motifs is 1. The zero-order valence-electron chi connectivity index (χ0n) is 11.6. The van der Waals surface area contributed by atoms with Crippen LogP contribution in [0.3, 0.4) is 0 Å². The van der Waals surface area contributed by atoms with Crippen molar-refractivity contribution in [2.75, 3.05) is 26.5 Å². The van der Waals surface area contributed by atoms with E-state index in [-0.39, 0.29) is 25.7 Å². The maximum Gasteiger partial charge on any atom is 0.306 e. The van der Waals surface area contributed by atoms with Gasteiger partial charge in [-0.1, -0.05) is 0 Å². The van der Waals surface area contributed by atoms with Crippen LogP contribution in [0.4, 0.5) is 0 Å². The molecule has 2 aliphatic heterocycles. The number of benzene rings is 1. The second kappa shape index (κ2) is 6.13. The molecule has 1 saturated heterocycles. The number of halogens is 1. The Hall–Kier alpha value is -1.80. The lowest BCUT2D eigenvalue weighted by molar-refractivity contribution is -0.141. The van der Waals surface area contributed by atoms with Crippen molar-refractivity contribution in [1.82, 2.24) is 4.90 Å². The van der Waals surface area contributed by atoms with Crippen molar-refractivity contribution in [2.45, 2.75) is 12.5 Å². The molecule has 0 aromatic heterocycles. The van der Waals surface area contributed by atoms with Crippen LogP contribution in [0.5, 0.6) is 11.5 Å². The minimum absolute atomic E-state index is 0.116. The Morgan fingerprint density at radius 2 is 2.18 bits per heavy atom. The summed E-state index contributed by atoms with van der Waals surface area (Å²) in [6, 6.07) is 3.31. The molecule has 22 heavy (non-hydrogen) atoms. The Kier molecular flexibility index (Phi) is 4.21. The fourth-order valence-electron chi connectivity index (χ4n) is 2.50. The number of carbonyl (C=O) groups excluding carboxylic acids is 1. The van der Waals surface area contributed by atoms with Crippen LogP contribution in [0, 0.1) is 0 Å². The highest BCUT2D eigenvalue weighted by molar-refractivity contribution is 9.10. The second-order valence-corrected chi connectivity index (χ2v) is 5.89. The molecule has 1 N–H and O–H groups in total. The monoisotopic (exact) mass is 371 g/mol. The van der Waals surface area contributed by atoms with E-state index in [1.807, 2.05) is 0 Å². The molecule has 118 valence electrons. The van der Waals surface area contributed by atoms with E-state index in [0.717, 1.165) is 0 Å². The van der Waals surface area contributed by atoms with Gasteiger partial charge in [-0.3, -0.25) is 9.59 Å². The molecular formula is C14H14BrNO6. The summed E-state index contributed by atoms with van der Waals surface area (Å²) in [5, 5.41) is 8.83. The molecule has 0 aliphatic carbocycles. The lowest BCUT2D eigenvalue weighted by Crippen LogP contribution is -2.46. The number of carboxylic acids is 1. The third-order valence-corrected chi connectivity index (χ3v) is 4.09. The van der Waals surface area contributed by atoms with Crippen LogP contribution in [0.25, 0.3) is 0 Å². The van der Waals surface area contributed by atoms with E-state index in [1.54, 1.807) is 17.0 Å². The van der Waals surface area contributed by atoms with Gasteiger partial charge in [0, 0.05) is 18.7 Å². The fourth-order valence-corrected chi connectivity index (χ4v) is 3.05. The maximum atomic E-state index is 12.6. The Bertz CT molecular complexity index is 620. The average molecular weight is 372 g/mol. The van der Waals surface area contributed by atoms with Crippen LogP contribution in [0.2, 0.25) is 0 Å². The van der Waals surface area contributed by atoms with Gasteiger partial charge in [0.1, 0.15) is 0 Å². The highest BCUT2D eigenvalue weighted by Gasteiger charge is 2.28. The van der Waals surface area contributed by atoms with Crippen LogP contribution in [-0.4, -0.2) is 54.5 Å². The Morgan fingerprint density at radius 3 is 2.95 bits per heavy atom. The molecule has 1 aromatic carbocycles. The van der Waals surface area contributed by atoms with Gasteiger partial charge in [0.25, 0.3) is 5.91 Å². The molecule has 1 aromatic rings. The van der Waals surface area contributed by atoms with Gasteiger partial charge in [-0.15, -0.1) is 0 Å². The topological polar surface area (TPSA) is 85.3 Å². The number of amides is 1. The number of hydrogen-bond donors (Lipinski definition) is 1.